The van der Waals surface area contributed by atoms with E-state index in [0.717, 1.165) is 16.7 Å². The number of halogens is 1. The number of nitrogens with one attached hydrogen (secondary N) is 1. The summed E-state index contributed by atoms with van der Waals surface area (Å²) < 4.78 is 24.1. The van der Waals surface area contributed by atoms with E-state index in [1.807, 2.05) is 0 Å². The van der Waals surface area contributed by atoms with Crippen LogP contribution in [-0.4, -0.2) is 28.0 Å². The number of rotatable bonds is 7. The number of nitro benzene ring substituents is 1. The Morgan fingerprint density at radius 1 is 1.24 bits per heavy atom. The van der Waals surface area contributed by atoms with Crippen molar-refractivity contribution in [3.63, 3.8) is 0 Å². The predicted molar refractivity (Wildman–Crippen MR) is 96.3 cm³/mol. The molecule has 0 atom stereocenters. The highest BCUT2D eigenvalue weighted by atomic mass is 19.1. The molecule has 0 saturated carbocycles. The van der Waals surface area contributed by atoms with E-state index >= 15 is 0 Å². The van der Waals surface area contributed by atoms with Crippen molar-refractivity contribution in [2.75, 3.05) is 6.61 Å². The maximum Gasteiger partial charge on any atom is 0.420 e. The van der Waals surface area contributed by atoms with Crippen LogP contribution < -0.4 is 11.1 Å². The van der Waals surface area contributed by atoms with E-state index < -0.39 is 41.5 Å². The van der Waals surface area contributed by atoms with Crippen molar-refractivity contribution in [1.82, 2.24) is 9.88 Å². The Hall–Kier alpha value is -4.02. The summed E-state index contributed by atoms with van der Waals surface area (Å²) >= 11 is 0. The quantitative estimate of drug-likeness (QED) is 0.359. The number of hydrogen-bond donors (Lipinski definition) is 1. The molecule has 10 nitrogen and oxygen atoms in total. The van der Waals surface area contributed by atoms with Gasteiger partial charge in [-0.2, -0.15) is 0 Å². The molecule has 3 rings (SSSR count). The smallest absolute Gasteiger partial charge is 0.420 e. The van der Waals surface area contributed by atoms with E-state index in [-0.39, 0.29) is 28.9 Å². The van der Waals surface area contributed by atoms with Gasteiger partial charge in [-0.15, -0.1) is 0 Å². The predicted octanol–water partition coefficient (Wildman–Crippen LogP) is 1.50. The second-order valence-corrected chi connectivity index (χ2v) is 5.89. The van der Waals surface area contributed by atoms with Crippen LogP contribution in [0, 0.1) is 15.9 Å². The minimum Gasteiger partial charge on any atom is -0.454 e. The van der Waals surface area contributed by atoms with Crippen LogP contribution in [0.1, 0.15) is 5.56 Å². The van der Waals surface area contributed by atoms with Crippen molar-refractivity contribution in [2.45, 2.75) is 13.1 Å². The lowest BCUT2D eigenvalue weighted by Crippen LogP contribution is -2.30. The summed E-state index contributed by atoms with van der Waals surface area (Å²) in [5.41, 5.74) is 0.117. The summed E-state index contributed by atoms with van der Waals surface area (Å²) in [5.74, 6) is -2.92. The number of esters is 1. The van der Waals surface area contributed by atoms with Crippen molar-refractivity contribution in [3.05, 3.63) is 74.5 Å². The first-order chi connectivity index (χ1) is 13.8. The number of amides is 1. The fourth-order valence-corrected chi connectivity index (χ4v) is 2.53. The van der Waals surface area contributed by atoms with E-state index in [0.29, 0.717) is 0 Å². The Balaban J connectivity index is 1.57. The molecule has 29 heavy (non-hydrogen) atoms. The highest BCUT2D eigenvalue weighted by Gasteiger charge is 2.17. The van der Waals surface area contributed by atoms with Gasteiger partial charge in [0.1, 0.15) is 12.4 Å². The topological polar surface area (TPSA) is 134 Å². The zero-order valence-electron chi connectivity index (χ0n) is 14.8. The average Bonchev–Trinajstić information content (AvgIpc) is 3.00. The molecule has 0 aliphatic rings. The molecule has 1 amide bonds. The summed E-state index contributed by atoms with van der Waals surface area (Å²) in [6.07, 6.45) is 0. The maximum absolute atomic E-state index is 13.5. The van der Waals surface area contributed by atoms with Crippen LogP contribution in [0.15, 0.2) is 51.7 Å². The van der Waals surface area contributed by atoms with E-state index in [4.69, 9.17) is 9.15 Å². The molecule has 0 aliphatic heterocycles. The van der Waals surface area contributed by atoms with Gasteiger partial charge >= 0.3 is 11.7 Å². The minimum absolute atomic E-state index is 0.0559. The van der Waals surface area contributed by atoms with Crippen molar-refractivity contribution in [1.29, 1.82) is 0 Å². The van der Waals surface area contributed by atoms with Crippen molar-refractivity contribution >= 4 is 28.7 Å². The summed E-state index contributed by atoms with van der Waals surface area (Å²) in [6.45, 7) is -1.25. The number of hydrogen-bond acceptors (Lipinski definition) is 7. The Morgan fingerprint density at radius 3 is 2.72 bits per heavy atom. The SMILES string of the molecule is O=C(COC(=O)Cn1c(=O)oc2cc([N+](=O)[O-])ccc21)NCc1ccccc1F. The first kappa shape index (κ1) is 19.7. The molecule has 0 aliphatic carbocycles. The number of carbonyl (C=O) groups excluding carboxylic acids is 2. The first-order valence-corrected chi connectivity index (χ1v) is 8.28. The fraction of sp³-hybridized carbons (Fsp3) is 0.167. The van der Waals surface area contributed by atoms with Gasteiger partial charge in [0.15, 0.2) is 12.2 Å². The van der Waals surface area contributed by atoms with E-state index in [1.54, 1.807) is 6.07 Å². The number of fused-ring (bicyclic) bond motifs is 1. The van der Waals surface area contributed by atoms with Gasteiger partial charge in [0.2, 0.25) is 0 Å². The number of nitro groups is 1. The number of nitrogens with zero attached hydrogens (tertiary/aromatic N) is 2. The molecule has 1 aromatic heterocycles. The molecule has 2 aromatic carbocycles. The number of ether oxygens (including phenoxy) is 1. The molecule has 11 heteroatoms. The Morgan fingerprint density at radius 2 is 2.00 bits per heavy atom. The molecule has 0 radical (unpaired) electrons. The molecular weight excluding hydrogens is 389 g/mol. The number of benzene rings is 2. The molecule has 150 valence electrons. The number of oxazole rings is 1. The third kappa shape index (κ3) is 4.64. The lowest BCUT2D eigenvalue weighted by atomic mass is 10.2. The lowest BCUT2D eigenvalue weighted by molar-refractivity contribution is -0.384. The fourth-order valence-electron chi connectivity index (χ4n) is 2.53. The largest absolute Gasteiger partial charge is 0.454 e. The van der Waals surface area contributed by atoms with Crippen LogP contribution in [0.25, 0.3) is 11.1 Å². The van der Waals surface area contributed by atoms with Gasteiger partial charge in [-0.3, -0.25) is 24.3 Å². The van der Waals surface area contributed by atoms with Gasteiger partial charge in [-0.1, -0.05) is 18.2 Å². The van der Waals surface area contributed by atoms with Crippen LogP contribution in [0.5, 0.6) is 0 Å². The normalized spacial score (nSPS) is 10.7. The Kier molecular flexibility index (Phi) is 5.67. The highest BCUT2D eigenvalue weighted by molar-refractivity contribution is 5.81. The molecule has 0 saturated heterocycles. The van der Waals surface area contributed by atoms with Crippen molar-refractivity contribution in [3.8, 4) is 0 Å². The second kappa shape index (κ2) is 8.33. The van der Waals surface area contributed by atoms with E-state index in [1.165, 1.54) is 24.3 Å². The molecule has 0 spiro atoms. The third-order valence-corrected chi connectivity index (χ3v) is 3.95. The summed E-state index contributed by atoms with van der Waals surface area (Å²) in [4.78, 5) is 45.7. The molecule has 0 fully saturated rings. The van der Waals surface area contributed by atoms with Gasteiger partial charge in [0.05, 0.1) is 16.5 Å². The number of non-ortho nitro benzene ring substituents is 1. The molecule has 0 bridgehead atoms. The number of aromatic nitrogens is 1. The standard InChI is InChI=1S/C18H14FN3O7/c19-13-4-2-1-3-11(13)8-20-16(23)10-28-17(24)9-21-14-6-5-12(22(26)27)7-15(14)29-18(21)25/h1-7H,8-10H2,(H,20,23). The van der Waals surface area contributed by atoms with Crippen LogP contribution in [-0.2, 0) is 27.4 Å². The number of carbonyl (C=O) groups is 2. The average molecular weight is 403 g/mol. The third-order valence-electron chi connectivity index (χ3n) is 3.95. The molecule has 0 unspecified atom stereocenters. The van der Waals surface area contributed by atoms with Gasteiger partial charge in [0.25, 0.3) is 11.6 Å². The molecular formula is C18H14FN3O7. The Labute approximate surface area is 161 Å². The maximum atomic E-state index is 13.5. The monoisotopic (exact) mass is 403 g/mol. The zero-order valence-corrected chi connectivity index (χ0v) is 14.8. The summed E-state index contributed by atoms with van der Waals surface area (Å²) in [7, 11) is 0. The Bertz CT molecular complexity index is 1150. The van der Waals surface area contributed by atoms with Crippen molar-refractivity contribution in [2.24, 2.45) is 0 Å². The van der Waals surface area contributed by atoms with Crippen molar-refractivity contribution < 1.29 is 28.1 Å². The van der Waals surface area contributed by atoms with Gasteiger partial charge < -0.3 is 14.5 Å². The van der Waals surface area contributed by atoms with E-state index in [9.17, 15) is 28.9 Å². The minimum atomic E-state index is -0.901. The van der Waals surface area contributed by atoms with Crippen LogP contribution in [0.3, 0.4) is 0 Å². The molecule has 1 heterocycles. The van der Waals surface area contributed by atoms with Crippen LogP contribution in [0.2, 0.25) is 0 Å². The molecule has 3 aromatic rings. The second-order valence-electron chi connectivity index (χ2n) is 5.89. The van der Waals surface area contributed by atoms with Gasteiger partial charge in [-0.05, 0) is 12.1 Å². The first-order valence-electron chi connectivity index (χ1n) is 8.28. The summed E-state index contributed by atoms with van der Waals surface area (Å²) in [5, 5.41) is 13.2. The van der Waals surface area contributed by atoms with Crippen LogP contribution in [0.4, 0.5) is 10.1 Å². The zero-order chi connectivity index (χ0) is 21.0. The lowest BCUT2D eigenvalue weighted by Gasteiger charge is -2.07. The summed E-state index contributed by atoms with van der Waals surface area (Å²) in [6, 6.07) is 9.39. The van der Waals surface area contributed by atoms with Crippen LogP contribution >= 0.6 is 0 Å². The van der Waals surface area contributed by atoms with Gasteiger partial charge in [0, 0.05) is 18.2 Å². The van der Waals surface area contributed by atoms with E-state index in [2.05, 4.69) is 5.32 Å². The molecule has 1 N–H and O–H groups in total. The highest BCUT2D eigenvalue weighted by Crippen LogP contribution is 2.20. The van der Waals surface area contributed by atoms with Gasteiger partial charge in [-0.25, -0.2) is 9.18 Å².